The molecule has 1 fully saturated rings. The van der Waals surface area contributed by atoms with Crippen molar-refractivity contribution < 1.29 is 0 Å². The highest BCUT2D eigenvalue weighted by atomic mass is 32.1. The van der Waals surface area contributed by atoms with Crippen molar-refractivity contribution in [1.82, 2.24) is 5.32 Å². The topological polar surface area (TPSA) is 12.0 Å². The van der Waals surface area contributed by atoms with Crippen molar-refractivity contribution in [3.8, 4) is 0 Å². The zero-order chi connectivity index (χ0) is 9.10. The molecule has 0 amide bonds. The number of thiophene rings is 1. The minimum absolute atomic E-state index is 0.721. The van der Waals surface area contributed by atoms with Gasteiger partial charge in [0.2, 0.25) is 0 Å². The Labute approximate surface area is 84.2 Å². The van der Waals surface area contributed by atoms with Crippen LogP contribution in [0.5, 0.6) is 0 Å². The Morgan fingerprint density at radius 3 is 3.23 bits per heavy atom. The number of nitrogens with one attached hydrogen (secondary N) is 1. The van der Waals surface area contributed by atoms with E-state index in [1.165, 1.54) is 25.8 Å². The predicted molar refractivity (Wildman–Crippen MR) is 58.2 cm³/mol. The average molecular weight is 195 g/mol. The van der Waals surface area contributed by atoms with Gasteiger partial charge in [-0.1, -0.05) is 6.07 Å². The molecule has 1 aromatic rings. The highest BCUT2D eigenvalue weighted by Crippen LogP contribution is 2.22. The van der Waals surface area contributed by atoms with Crippen LogP contribution in [-0.2, 0) is 6.42 Å². The van der Waals surface area contributed by atoms with E-state index in [0.717, 1.165) is 12.0 Å². The van der Waals surface area contributed by atoms with Crippen molar-refractivity contribution in [3.63, 3.8) is 0 Å². The molecule has 1 N–H and O–H groups in total. The quantitative estimate of drug-likeness (QED) is 0.765. The number of rotatable bonds is 2. The molecule has 2 rings (SSSR count). The van der Waals surface area contributed by atoms with Gasteiger partial charge in [-0.25, -0.2) is 0 Å². The lowest BCUT2D eigenvalue weighted by Gasteiger charge is -2.27. The normalized spacial score (nSPS) is 29.0. The molecule has 1 aliphatic rings. The molecule has 2 heteroatoms. The van der Waals surface area contributed by atoms with Crippen LogP contribution in [0.1, 0.15) is 24.6 Å². The van der Waals surface area contributed by atoms with Crippen LogP contribution in [0.15, 0.2) is 17.5 Å². The van der Waals surface area contributed by atoms with E-state index in [-0.39, 0.29) is 0 Å². The first-order chi connectivity index (χ1) is 6.34. The van der Waals surface area contributed by atoms with Crippen LogP contribution in [0.2, 0.25) is 0 Å². The zero-order valence-electron chi connectivity index (χ0n) is 8.12. The molecule has 0 radical (unpaired) electrons. The summed E-state index contributed by atoms with van der Waals surface area (Å²) in [6.45, 7) is 3.50. The third kappa shape index (κ3) is 2.55. The fourth-order valence-electron chi connectivity index (χ4n) is 2.13. The second-order valence-corrected chi connectivity index (χ2v) is 5.06. The molecule has 2 unspecified atom stereocenters. The van der Waals surface area contributed by atoms with E-state index in [0.29, 0.717) is 0 Å². The molecule has 1 aromatic heterocycles. The Morgan fingerprint density at radius 2 is 2.54 bits per heavy atom. The molecule has 0 spiro atoms. The number of hydrogen-bond donors (Lipinski definition) is 1. The summed E-state index contributed by atoms with van der Waals surface area (Å²) < 4.78 is 0. The van der Waals surface area contributed by atoms with Crippen LogP contribution in [0.4, 0.5) is 0 Å². The van der Waals surface area contributed by atoms with Crippen LogP contribution in [0, 0.1) is 5.92 Å². The lowest BCUT2D eigenvalue weighted by molar-refractivity contribution is 0.315. The lowest BCUT2D eigenvalue weighted by Crippen LogP contribution is -2.36. The van der Waals surface area contributed by atoms with Gasteiger partial charge in [-0.2, -0.15) is 0 Å². The maximum atomic E-state index is 3.49. The summed E-state index contributed by atoms with van der Waals surface area (Å²) >= 11 is 1.90. The Balaban J connectivity index is 1.87. The van der Waals surface area contributed by atoms with Crippen molar-refractivity contribution in [2.45, 2.75) is 32.2 Å². The molecular weight excluding hydrogens is 178 g/mol. The molecule has 13 heavy (non-hydrogen) atoms. The highest BCUT2D eigenvalue weighted by molar-refractivity contribution is 7.09. The molecule has 0 bridgehead atoms. The van der Waals surface area contributed by atoms with Crippen molar-refractivity contribution in [2.75, 3.05) is 6.54 Å². The second kappa shape index (κ2) is 4.25. The maximum Gasteiger partial charge on any atom is 0.00479 e. The van der Waals surface area contributed by atoms with E-state index in [4.69, 9.17) is 0 Å². The van der Waals surface area contributed by atoms with Crippen molar-refractivity contribution in [2.24, 2.45) is 5.92 Å². The SMILES string of the molecule is CC1CC(Cc2cccs2)CCN1. The Morgan fingerprint density at radius 1 is 1.62 bits per heavy atom. The molecule has 2 heterocycles. The van der Waals surface area contributed by atoms with Crippen LogP contribution in [0.3, 0.4) is 0 Å². The van der Waals surface area contributed by atoms with Gasteiger partial charge >= 0.3 is 0 Å². The maximum absolute atomic E-state index is 3.49. The van der Waals surface area contributed by atoms with Crippen LogP contribution in [0.25, 0.3) is 0 Å². The molecule has 0 saturated carbocycles. The highest BCUT2D eigenvalue weighted by Gasteiger charge is 2.18. The number of hydrogen-bond acceptors (Lipinski definition) is 2. The summed E-state index contributed by atoms with van der Waals surface area (Å²) in [5.74, 6) is 0.912. The van der Waals surface area contributed by atoms with Gasteiger partial charge in [0.15, 0.2) is 0 Å². The first kappa shape index (κ1) is 9.22. The minimum atomic E-state index is 0.721. The Hall–Kier alpha value is -0.340. The smallest absolute Gasteiger partial charge is 0.00479 e. The standard InChI is InChI=1S/C11H17NS/c1-9-7-10(4-5-12-9)8-11-3-2-6-13-11/h2-3,6,9-10,12H,4-5,7-8H2,1H3. The summed E-state index contributed by atoms with van der Waals surface area (Å²) in [5, 5.41) is 5.68. The second-order valence-electron chi connectivity index (χ2n) is 4.03. The van der Waals surface area contributed by atoms with E-state index < -0.39 is 0 Å². The van der Waals surface area contributed by atoms with Crippen molar-refractivity contribution in [3.05, 3.63) is 22.4 Å². The molecular formula is C11H17NS. The molecule has 1 aliphatic heterocycles. The number of piperidine rings is 1. The zero-order valence-corrected chi connectivity index (χ0v) is 8.94. The van der Waals surface area contributed by atoms with E-state index in [1.807, 2.05) is 11.3 Å². The average Bonchev–Trinajstić information content (AvgIpc) is 2.57. The van der Waals surface area contributed by atoms with Gasteiger partial charge < -0.3 is 5.32 Å². The fraction of sp³-hybridized carbons (Fsp3) is 0.636. The van der Waals surface area contributed by atoms with Crippen LogP contribution >= 0.6 is 11.3 Å². The summed E-state index contributed by atoms with van der Waals surface area (Å²) in [7, 11) is 0. The van der Waals surface area contributed by atoms with Gasteiger partial charge in [-0.15, -0.1) is 11.3 Å². The molecule has 0 aliphatic carbocycles. The lowest BCUT2D eigenvalue weighted by atomic mass is 9.90. The Kier molecular flexibility index (Phi) is 3.01. The van der Waals surface area contributed by atoms with E-state index in [2.05, 4.69) is 29.8 Å². The van der Waals surface area contributed by atoms with Gasteiger partial charge in [-0.05, 0) is 50.1 Å². The molecule has 0 aromatic carbocycles. The molecule has 2 atom stereocenters. The van der Waals surface area contributed by atoms with Gasteiger partial charge in [-0.3, -0.25) is 0 Å². The monoisotopic (exact) mass is 195 g/mol. The van der Waals surface area contributed by atoms with Crippen molar-refractivity contribution in [1.29, 1.82) is 0 Å². The van der Waals surface area contributed by atoms with E-state index in [1.54, 1.807) is 4.88 Å². The van der Waals surface area contributed by atoms with Crippen molar-refractivity contribution >= 4 is 11.3 Å². The first-order valence-electron chi connectivity index (χ1n) is 5.10. The van der Waals surface area contributed by atoms with Gasteiger partial charge in [0.05, 0.1) is 0 Å². The summed E-state index contributed by atoms with van der Waals surface area (Å²) in [4.78, 5) is 1.55. The Bertz CT molecular complexity index is 243. The van der Waals surface area contributed by atoms with Gasteiger partial charge in [0.25, 0.3) is 0 Å². The van der Waals surface area contributed by atoms with Gasteiger partial charge in [0, 0.05) is 10.9 Å². The van der Waals surface area contributed by atoms with Crippen LogP contribution in [-0.4, -0.2) is 12.6 Å². The van der Waals surface area contributed by atoms with E-state index in [9.17, 15) is 0 Å². The first-order valence-corrected chi connectivity index (χ1v) is 5.98. The van der Waals surface area contributed by atoms with Gasteiger partial charge in [0.1, 0.15) is 0 Å². The summed E-state index contributed by atoms with van der Waals surface area (Å²) in [6.07, 6.45) is 3.99. The molecule has 1 saturated heterocycles. The predicted octanol–water partition coefficient (Wildman–Crippen LogP) is 2.68. The summed E-state index contributed by atoms with van der Waals surface area (Å²) in [5.41, 5.74) is 0. The van der Waals surface area contributed by atoms with Crippen LogP contribution < -0.4 is 5.32 Å². The molecule has 72 valence electrons. The third-order valence-electron chi connectivity index (χ3n) is 2.80. The summed E-state index contributed by atoms with van der Waals surface area (Å²) in [6, 6.07) is 5.14. The van der Waals surface area contributed by atoms with E-state index >= 15 is 0 Å². The minimum Gasteiger partial charge on any atom is -0.314 e. The third-order valence-corrected chi connectivity index (χ3v) is 3.70. The molecule has 1 nitrogen and oxygen atoms in total. The fourth-order valence-corrected chi connectivity index (χ4v) is 2.95. The largest absolute Gasteiger partial charge is 0.314 e.